The molecule has 2 N–H and O–H groups in total. The van der Waals surface area contributed by atoms with E-state index >= 15 is 0 Å². The predicted octanol–water partition coefficient (Wildman–Crippen LogP) is 2.44. The van der Waals surface area contributed by atoms with E-state index in [4.69, 9.17) is 10.5 Å². The molecule has 1 aromatic rings. The molecule has 0 radical (unpaired) electrons. The van der Waals surface area contributed by atoms with Gasteiger partial charge in [0.1, 0.15) is 5.75 Å². The molecule has 0 atom stereocenters. The number of nitrogen functional groups attached to an aromatic ring is 1. The molecule has 0 aliphatic carbocycles. The van der Waals surface area contributed by atoms with Crippen LogP contribution in [0.4, 0.5) is 5.69 Å². The smallest absolute Gasteiger partial charge is 0.123 e. The van der Waals surface area contributed by atoms with Crippen molar-refractivity contribution in [1.29, 1.82) is 0 Å². The van der Waals surface area contributed by atoms with Crippen molar-refractivity contribution in [3.05, 3.63) is 23.8 Å². The molecule has 20 heavy (non-hydrogen) atoms. The maximum atomic E-state index is 5.91. The average molecular weight is 279 g/mol. The zero-order valence-corrected chi connectivity index (χ0v) is 13.4. The Bertz CT molecular complexity index is 393. The summed E-state index contributed by atoms with van der Waals surface area (Å²) in [7, 11) is 4.21. The molecule has 114 valence electrons. The molecule has 0 saturated carbocycles. The zero-order chi connectivity index (χ0) is 15.0. The lowest BCUT2D eigenvalue weighted by atomic mass is 10.1. The van der Waals surface area contributed by atoms with Gasteiger partial charge < -0.3 is 15.4 Å². The highest BCUT2D eigenvalue weighted by atomic mass is 16.5. The number of rotatable bonds is 9. The Hall–Kier alpha value is -1.26. The van der Waals surface area contributed by atoms with Crippen molar-refractivity contribution in [3.63, 3.8) is 0 Å². The van der Waals surface area contributed by atoms with Crippen LogP contribution >= 0.6 is 0 Å². The van der Waals surface area contributed by atoms with E-state index in [1.54, 1.807) is 0 Å². The number of nitrogens with two attached hydrogens (primary N) is 1. The summed E-state index contributed by atoms with van der Waals surface area (Å²) in [6.45, 7) is 9.01. The molecule has 0 bridgehead atoms. The predicted molar refractivity (Wildman–Crippen MR) is 86.1 cm³/mol. The van der Waals surface area contributed by atoms with Crippen LogP contribution in [0.5, 0.6) is 5.75 Å². The SMILES string of the molecule is CCCN(CCN(C)C)Cc1cc(N)ccc1OCC. The average Bonchev–Trinajstić information content (AvgIpc) is 2.39. The highest BCUT2D eigenvalue weighted by Gasteiger charge is 2.10. The van der Waals surface area contributed by atoms with Gasteiger partial charge >= 0.3 is 0 Å². The summed E-state index contributed by atoms with van der Waals surface area (Å²) >= 11 is 0. The van der Waals surface area contributed by atoms with E-state index in [9.17, 15) is 0 Å². The third kappa shape index (κ3) is 5.80. The Morgan fingerprint density at radius 2 is 1.85 bits per heavy atom. The standard InChI is InChI=1S/C16H29N3O/c1-5-9-19(11-10-18(3)4)13-14-12-15(17)7-8-16(14)20-6-2/h7-8,12H,5-6,9-11,13,17H2,1-4H3. The molecule has 0 heterocycles. The highest BCUT2D eigenvalue weighted by Crippen LogP contribution is 2.23. The summed E-state index contributed by atoms with van der Waals surface area (Å²) in [5, 5.41) is 0. The van der Waals surface area contributed by atoms with E-state index in [1.165, 1.54) is 5.56 Å². The summed E-state index contributed by atoms with van der Waals surface area (Å²) in [5.74, 6) is 0.952. The van der Waals surface area contributed by atoms with Crippen molar-refractivity contribution < 1.29 is 4.74 Å². The number of hydrogen-bond donors (Lipinski definition) is 1. The van der Waals surface area contributed by atoms with Crippen LogP contribution < -0.4 is 10.5 Å². The second-order valence-corrected chi connectivity index (χ2v) is 5.38. The fourth-order valence-electron chi connectivity index (χ4n) is 2.19. The first-order valence-electron chi connectivity index (χ1n) is 7.45. The summed E-state index contributed by atoms with van der Waals surface area (Å²) < 4.78 is 5.70. The molecule has 0 unspecified atom stereocenters. The first-order valence-corrected chi connectivity index (χ1v) is 7.45. The van der Waals surface area contributed by atoms with Crippen molar-refractivity contribution in [2.24, 2.45) is 0 Å². The maximum absolute atomic E-state index is 5.91. The van der Waals surface area contributed by atoms with Gasteiger partial charge in [-0.2, -0.15) is 0 Å². The molecule has 0 amide bonds. The highest BCUT2D eigenvalue weighted by molar-refractivity contribution is 5.47. The molecule has 4 heteroatoms. The Morgan fingerprint density at radius 3 is 2.45 bits per heavy atom. The van der Waals surface area contributed by atoms with Crippen LogP contribution in [0, 0.1) is 0 Å². The minimum absolute atomic E-state index is 0.683. The number of ether oxygens (including phenoxy) is 1. The molecule has 0 aliphatic rings. The molecule has 0 spiro atoms. The molecule has 0 aromatic heterocycles. The fourth-order valence-corrected chi connectivity index (χ4v) is 2.19. The number of anilines is 1. The normalized spacial score (nSPS) is 11.3. The number of benzene rings is 1. The van der Waals surface area contributed by atoms with Gasteiger partial charge in [-0.3, -0.25) is 4.90 Å². The van der Waals surface area contributed by atoms with Gasteiger partial charge in [-0.25, -0.2) is 0 Å². The minimum atomic E-state index is 0.683. The van der Waals surface area contributed by atoms with E-state index in [0.717, 1.165) is 44.0 Å². The van der Waals surface area contributed by atoms with Crippen molar-refractivity contribution in [1.82, 2.24) is 9.80 Å². The van der Waals surface area contributed by atoms with E-state index < -0.39 is 0 Å². The third-order valence-corrected chi connectivity index (χ3v) is 3.18. The second-order valence-electron chi connectivity index (χ2n) is 5.38. The van der Waals surface area contributed by atoms with Gasteiger partial charge in [-0.1, -0.05) is 6.92 Å². The first kappa shape index (κ1) is 16.8. The third-order valence-electron chi connectivity index (χ3n) is 3.18. The Morgan fingerprint density at radius 1 is 1.10 bits per heavy atom. The quantitative estimate of drug-likeness (QED) is 0.705. The topological polar surface area (TPSA) is 41.7 Å². The van der Waals surface area contributed by atoms with E-state index in [0.29, 0.717) is 6.61 Å². The van der Waals surface area contributed by atoms with E-state index in [1.807, 2.05) is 25.1 Å². The van der Waals surface area contributed by atoms with Gasteiger partial charge in [0.15, 0.2) is 0 Å². The Labute approximate surface area is 123 Å². The van der Waals surface area contributed by atoms with Gasteiger partial charge in [0, 0.05) is 30.9 Å². The van der Waals surface area contributed by atoms with Crippen LogP contribution in [0.3, 0.4) is 0 Å². The number of hydrogen-bond acceptors (Lipinski definition) is 4. The van der Waals surface area contributed by atoms with Crippen molar-refractivity contribution in [2.45, 2.75) is 26.8 Å². The Balaban J connectivity index is 2.77. The first-order chi connectivity index (χ1) is 9.56. The summed E-state index contributed by atoms with van der Waals surface area (Å²) in [4.78, 5) is 4.67. The molecule has 1 aromatic carbocycles. The molecule has 0 saturated heterocycles. The minimum Gasteiger partial charge on any atom is -0.494 e. The van der Waals surface area contributed by atoms with Crippen LogP contribution in [-0.4, -0.2) is 50.1 Å². The van der Waals surface area contributed by atoms with Gasteiger partial charge in [-0.05, 0) is 52.2 Å². The zero-order valence-electron chi connectivity index (χ0n) is 13.4. The molecule has 0 aliphatic heterocycles. The summed E-state index contributed by atoms with van der Waals surface area (Å²) in [6, 6.07) is 5.91. The van der Waals surface area contributed by atoms with Crippen molar-refractivity contribution in [3.8, 4) is 5.75 Å². The van der Waals surface area contributed by atoms with Gasteiger partial charge in [0.25, 0.3) is 0 Å². The lowest BCUT2D eigenvalue weighted by Gasteiger charge is -2.24. The van der Waals surface area contributed by atoms with Crippen LogP contribution in [0.1, 0.15) is 25.8 Å². The van der Waals surface area contributed by atoms with Gasteiger partial charge in [0.05, 0.1) is 6.61 Å². The van der Waals surface area contributed by atoms with Gasteiger partial charge in [-0.15, -0.1) is 0 Å². The number of nitrogens with zero attached hydrogens (tertiary/aromatic N) is 2. The molecular weight excluding hydrogens is 250 g/mol. The van der Waals surface area contributed by atoms with E-state index in [2.05, 4.69) is 30.8 Å². The maximum Gasteiger partial charge on any atom is 0.123 e. The van der Waals surface area contributed by atoms with Crippen LogP contribution in [-0.2, 0) is 6.54 Å². The van der Waals surface area contributed by atoms with Crippen LogP contribution in [0.15, 0.2) is 18.2 Å². The van der Waals surface area contributed by atoms with E-state index in [-0.39, 0.29) is 0 Å². The molecule has 1 rings (SSSR count). The molecule has 4 nitrogen and oxygen atoms in total. The Kier molecular flexibility index (Phi) is 7.41. The fraction of sp³-hybridized carbons (Fsp3) is 0.625. The van der Waals surface area contributed by atoms with Crippen LogP contribution in [0.2, 0.25) is 0 Å². The summed E-state index contributed by atoms with van der Waals surface area (Å²) in [5.41, 5.74) is 7.89. The van der Waals surface area contributed by atoms with Gasteiger partial charge in [0.2, 0.25) is 0 Å². The van der Waals surface area contributed by atoms with Crippen molar-refractivity contribution in [2.75, 3.05) is 46.1 Å². The summed E-state index contributed by atoms with van der Waals surface area (Å²) in [6.07, 6.45) is 1.15. The van der Waals surface area contributed by atoms with Crippen LogP contribution in [0.25, 0.3) is 0 Å². The van der Waals surface area contributed by atoms with Crippen molar-refractivity contribution >= 4 is 5.69 Å². The monoisotopic (exact) mass is 279 g/mol. The lowest BCUT2D eigenvalue weighted by molar-refractivity contribution is 0.229. The molecule has 0 fully saturated rings. The number of likely N-dealkylation sites (N-methyl/N-ethyl adjacent to an activating group) is 1. The second kappa shape index (κ2) is 8.82. The largest absolute Gasteiger partial charge is 0.494 e. The lowest BCUT2D eigenvalue weighted by Crippen LogP contribution is -2.32. The molecular formula is C16H29N3O.